The third-order valence-corrected chi connectivity index (χ3v) is 5.86. The number of carbonyl (C=O) groups excluding carboxylic acids is 2. The Bertz CT molecular complexity index is 1000. The van der Waals surface area contributed by atoms with Gasteiger partial charge in [0.15, 0.2) is 5.78 Å². The number of hydrogen-bond acceptors (Lipinski definition) is 5. The summed E-state index contributed by atoms with van der Waals surface area (Å²) in [5.74, 6) is -0.600. The molecule has 0 spiro atoms. The fourth-order valence-corrected chi connectivity index (χ4v) is 3.93. The maximum atomic E-state index is 12.5. The molecule has 0 saturated carbocycles. The van der Waals surface area contributed by atoms with Crippen molar-refractivity contribution in [3.63, 3.8) is 0 Å². The lowest BCUT2D eigenvalue weighted by molar-refractivity contribution is -0.121. The lowest BCUT2D eigenvalue weighted by Gasteiger charge is -2.32. The quantitative estimate of drug-likeness (QED) is 0.267. The molecule has 2 heterocycles. The number of benzene rings is 1. The van der Waals surface area contributed by atoms with Crippen LogP contribution in [-0.2, 0) is 16.1 Å². The van der Waals surface area contributed by atoms with E-state index in [1.54, 1.807) is 12.2 Å². The molecule has 1 aromatic carbocycles. The topological polar surface area (TPSA) is 74.3 Å². The first kappa shape index (κ1) is 23.7. The molecule has 6 heteroatoms. The predicted octanol–water partition coefficient (Wildman–Crippen LogP) is 4.23. The minimum atomic E-state index is -0.356. The number of allylic oxidation sites excluding steroid dienone is 3. The van der Waals surface area contributed by atoms with Gasteiger partial charge in [0.2, 0.25) is 0 Å². The zero-order chi connectivity index (χ0) is 22.9. The van der Waals surface area contributed by atoms with Gasteiger partial charge in [0.05, 0.1) is 23.0 Å². The minimum Gasteiger partial charge on any atom is -0.381 e. The Morgan fingerprint density at radius 3 is 2.66 bits per heavy atom. The summed E-state index contributed by atoms with van der Waals surface area (Å²) in [7, 11) is 0. The standard InChI is InChI=1S/C26H34N4O2/c1-4-6-7-8-24(19(3)31)26(32)28-17-20-9-10-25-21(15-20)16-23(18-27-25)29-22-11-13-30(5-2)14-12-22/h6-10,15-16,18,22,29H,4-5,11-14,17H2,1-3H3,(H,28,32)/b7-6-,24-8+. The van der Waals surface area contributed by atoms with E-state index < -0.39 is 0 Å². The van der Waals surface area contributed by atoms with Gasteiger partial charge in [-0.25, -0.2) is 0 Å². The molecule has 170 valence electrons. The lowest BCUT2D eigenvalue weighted by atomic mass is 10.0. The van der Waals surface area contributed by atoms with Crippen LogP contribution >= 0.6 is 0 Å². The van der Waals surface area contributed by atoms with Crippen LogP contribution in [0.5, 0.6) is 0 Å². The van der Waals surface area contributed by atoms with Gasteiger partial charge in [0, 0.05) is 31.1 Å². The number of aromatic nitrogens is 1. The van der Waals surface area contributed by atoms with E-state index in [1.165, 1.54) is 6.92 Å². The van der Waals surface area contributed by atoms with Crippen molar-refractivity contribution < 1.29 is 9.59 Å². The van der Waals surface area contributed by atoms with Crippen molar-refractivity contribution in [3.05, 3.63) is 59.8 Å². The summed E-state index contributed by atoms with van der Waals surface area (Å²) in [6.07, 6.45) is 10.3. The Kier molecular flexibility index (Phi) is 8.56. The molecule has 32 heavy (non-hydrogen) atoms. The summed E-state index contributed by atoms with van der Waals surface area (Å²) in [5, 5.41) is 7.52. The molecule has 0 bridgehead atoms. The van der Waals surface area contributed by atoms with Crippen LogP contribution in [0.2, 0.25) is 0 Å². The van der Waals surface area contributed by atoms with E-state index in [0.29, 0.717) is 12.6 Å². The molecule has 0 unspecified atom stereocenters. The number of ketones is 1. The molecule has 3 rings (SSSR count). The molecule has 1 aromatic heterocycles. The first-order valence-corrected chi connectivity index (χ1v) is 11.5. The maximum absolute atomic E-state index is 12.5. The Morgan fingerprint density at radius 1 is 1.19 bits per heavy atom. The number of likely N-dealkylation sites (tertiary alicyclic amines) is 1. The van der Waals surface area contributed by atoms with Gasteiger partial charge >= 0.3 is 0 Å². The van der Waals surface area contributed by atoms with E-state index >= 15 is 0 Å². The Balaban J connectivity index is 1.65. The van der Waals surface area contributed by atoms with Gasteiger partial charge in [-0.1, -0.05) is 32.1 Å². The molecule has 1 aliphatic heterocycles. The SMILES string of the molecule is CC/C=C\C=C(/C(C)=O)C(=O)NCc1ccc2ncc(NC3CCN(CC)CC3)cc2c1. The smallest absolute Gasteiger partial charge is 0.255 e. The molecule has 0 aliphatic carbocycles. The number of piperidine rings is 1. The van der Waals surface area contributed by atoms with Crippen molar-refractivity contribution in [1.82, 2.24) is 15.2 Å². The Morgan fingerprint density at radius 2 is 1.97 bits per heavy atom. The molecule has 1 aliphatic rings. The predicted molar refractivity (Wildman–Crippen MR) is 131 cm³/mol. The number of pyridine rings is 1. The highest BCUT2D eigenvalue weighted by atomic mass is 16.2. The molecule has 0 radical (unpaired) electrons. The zero-order valence-electron chi connectivity index (χ0n) is 19.4. The maximum Gasteiger partial charge on any atom is 0.255 e. The van der Waals surface area contributed by atoms with Crippen molar-refractivity contribution in [1.29, 1.82) is 0 Å². The van der Waals surface area contributed by atoms with E-state index in [0.717, 1.165) is 61.1 Å². The Labute approximate surface area is 190 Å². The normalized spacial score (nSPS) is 15.9. The molecule has 1 fully saturated rings. The molecule has 2 N–H and O–H groups in total. The number of anilines is 1. The number of Topliss-reactive ketones (excluding diaryl/α,β-unsaturated/α-hetero) is 1. The van der Waals surface area contributed by atoms with Crippen LogP contribution in [0.4, 0.5) is 5.69 Å². The van der Waals surface area contributed by atoms with Gasteiger partial charge in [-0.3, -0.25) is 14.6 Å². The molecule has 1 saturated heterocycles. The average Bonchev–Trinajstić information content (AvgIpc) is 2.80. The number of nitrogens with one attached hydrogen (secondary N) is 2. The number of carbonyl (C=O) groups is 2. The van der Waals surface area contributed by atoms with Crippen molar-refractivity contribution in [2.75, 3.05) is 25.0 Å². The van der Waals surface area contributed by atoms with E-state index in [-0.39, 0.29) is 17.3 Å². The first-order valence-electron chi connectivity index (χ1n) is 11.5. The summed E-state index contributed by atoms with van der Waals surface area (Å²) in [5.41, 5.74) is 3.07. The van der Waals surface area contributed by atoms with Crippen LogP contribution in [-0.4, -0.2) is 47.3 Å². The van der Waals surface area contributed by atoms with E-state index in [9.17, 15) is 9.59 Å². The minimum absolute atomic E-state index is 0.165. The zero-order valence-corrected chi connectivity index (χ0v) is 19.4. The van der Waals surface area contributed by atoms with Crippen LogP contribution in [0.25, 0.3) is 10.9 Å². The summed E-state index contributed by atoms with van der Waals surface area (Å²) in [4.78, 5) is 31.4. The summed E-state index contributed by atoms with van der Waals surface area (Å²) in [6, 6.07) is 8.56. The van der Waals surface area contributed by atoms with Crippen molar-refractivity contribution in [2.24, 2.45) is 0 Å². The van der Waals surface area contributed by atoms with Gasteiger partial charge in [-0.15, -0.1) is 0 Å². The second-order valence-corrected chi connectivity index (χ2v) is 8.26. The van der Waals surface area contributed by atoms with Gasteiger partial charge in [0.1, 0.15) is 0 Å². The molecule has 6 nitrogen and oxygen atoms in total. The highest BCUT2D eigenvalue weighted by molar-refractivity contribution is 6.18. The fraction of sp³-hybridized carbons (Fsp3) is 0.423. The third-order valence-electron chi connectivity index (χ3n) is 5.86. The van der Waals surface area contributed by atoms with Crippen LogP contribution in [0.1, 0.15) is 45.6 Å². The third kappa shape index (κ3) is 6.50. The number of rotatable bonds is 9. The number of hydrogen-bond donors (Lipinski definition) is 2. The first-order chi connectivity index (χ1) is 15.5. The van der Waals surface area contributed by atoms with Gasteiger partial charge in [-0.2, -0.15) is 0 Å². The highest BCUT2D eigenvalue weighted by Crippen LogP contribution is 2.21. The highest BCUT2D eigenvalue weighted by Gasteiger charge is 2.18. The molecular formula is C26H34N4O2. The van der Waals surface area contributed by atoms with E-state index in [2.05, 4.69) is 33.5 Å². The van der Waals surface area contributed by atoms with Gasteiger partial charge in [-0.05, 0) is 62.6 Å². The van der Waals surface area contributed by atoms with E-state index in [4.69, 9.17) is 0 Å². The Hall–Kier alpha value is -2.99. The van der Waals surface area contributed by atoms with Crippen molar-refractivity contribution in [2.45, 2.75) is 52.6 Å². The number of fused-ring (bicyclic) bond motifs is 1. The second-order valence-electron chi connectivity index (χ2n) is 8.26. The molecule has 2 aromatic rings. The van der Waals surface area contributed by atoms with Crippen molar-refractivity contribution >= 4 is 28.3 Å². The van der Waals surface area contributed by atoms with Crippen LogP contribution in [0, 0.1) is 0 Å². The van der Waals surface area contributed by atoms with Crippen molar-refractivity contribution in [3.8, 4) is 0 Å². The van der Waals surface area contributed by atoms with E-state index in [1.807, 2.05) is 37.4 Å². The fourth-order valence-electron chi connectivity index (χ4n) is 3.93. The number of amides is 1. The van der Waals surface area contributed by atoms with Gasteiger partial charge in [0.25, 0.3) is 5.91 Å². The lowest BCUT2D eigenvalue weighted by Crippen LogP contribution is -2.38. The summed E-state index contributed by atoms with van der Waals surface area (Å²) in [6.45, 7) is 9.35. The van der Waals surface area contributed by atoms with Gasteiger partial charge < -0.3 is 15.5 Å². The summed E-state index contributed by atoms with van der Waals surface area (Å²) >= 11 is 0. The van der Waals surface area contributed by atoms with Crippen LogP contribution in [0.15, 0.2) is 54.3 Å². The van der Waals surface area contributed by atoms with Crippen LogP contribution in [0.3, 0.4) is 0 Å². The average molecular weight is 435 g/mol. The monoisotopic (exact) mass is 434 g/mol. The molecular weight excluding hydrogens is 400 g/mol. The molecule has 1 amide bonds. The second kappa shape index (κ2) is 11.6. The van der Waals surface area contributed by atoms with Crippen LogP contribution < -0.4 is 10.6 Å². The largest absolute Gasteiger partial charge is 0.381 e. The molecule has 0 atom stereocenters. The number of nitrogens with zero attached hydrogens (tertiary/aromatic N) is 2. The summed E-state index contributed by atoms with van der Waals surface area (Å²) < 4.78 is 0.